The minimum atomic E-state index is -0.931. The second kappa shape index (κ2) is 6.80. The summed E-state index contributed by atoms with van der Waals surface area (Å²) in [4.78, 5) is 34.4. The van der Waals surface area contributed by atoms with Gasteiger partial charge in [-0.1, -0.05) is 30.3 Å². The van der Waals surface area contributed by atoms with Crippen LogP contribution in [0.2, 0.25) is 0 Å². The third-order valence-electron chi connectivity index (χ3n) is 4.98. The van der Waals surface area contributed by atoms with Gasteiger partial charge in [0, 0.05) is 5.56 Å². The standard InChI is InChI=1S/C21H16FN5O3/c1-2-30-19(29)13-11-23-20-25-21-24-15-9-5-6-10-16(15)26(21)17(27(20)18(13)28)12-7-3-4-8-14(12)22/h3-11,17H,2H2,1H3,(H,23,24,25). The van der Waals surface area contributed by atoms with Crippen LogP contribution in [0.3, 0.4) is 0 Å². The van der Waals surface area contributed by atoms with Gasteiger partial charge in [-0.3, -0.25) is 19.2 Å². The number of para-hydroxylation sites is 2. The molecule has 30 heavy (non-hydrogen) atoms. The zero-order valence-electron chi connectivity index (χ0n) is 15.9. The Morgan fingerprint density at radius 2 is 1.90 bits per heavy atom. The van der Waals surface area contributed by atoms with E-state index in [9.17, 15) is 14.0 Å². The topological polar surface area (TPSA) is 91.0 Å². The number of fused-ring (bicyclic) bond motifs is 4. The number of ether oxygens (including phenoxy) is 1. The molecule has 0 saturated carbocycles. The first-order chi connectivity index (χ1) is 14.6. The molecule has 3 heterocycles. The van der Waals surface area contributed by atoms with Crippen molar-refractivity contribution in [2.75, 3.05) is 11.9 Å². The molecule has 4 aromatic rings. The fourth-order valence-corrected chi connectivity index (χ4v) is 3.70. The molecule has 1 unspecified atom stereocenters. The van der Waals surface area contributed by atoms with Crippen molar-refractivity contribution in [2.24, 2.45) is 0 Å². The highest BCUT2D eigenvalue weighted by molar-refractivity contribution is 5.89. The molecule has 0 aliphatic carbocycles. The van der Waals surface area contributed by atoms with Crippen LogP contribution in [-0.4, -0.2) is 31.7 Å². The van der Waals surface area contributed by atoms with Crippen LogP contribution in [0, 0.1) is 5.82 Å². The molecule has 1 N–H and O–H groups in total. The zero-order valence-corrected chi connectivity index (χ0v) is 15.9. The number of rotatable bonds is 3. The lowest BCUT2D eigenvalue weighted by Gasteiger charge is -2.31. The zero-order chi connectivity index (χ0) is 20.8. The van der Waals surface area contributed by atoms with Crippen LogP contribution in [0.25, 0.3) is 11.0 Å². The van der Waals surface area contributed by atoms with Gasteiger partial charge in [-0.05, 0) is 25.1 Å². The first kappa shape index (κ1) is 18.0. The van der Waals surface area contributed by atoms with Crippen LogP contribution in [0.15, 0.2) is 59.5 Å². The number of nitrogens with zero attached hydrogens (tertiary/aromatic N) is 4. The molecule has 0 amide bonds. The summed E-state index contributed by atoms with van der Waals surface area (Å²) >= 11 is 0. The fraction of sp³-hybridized carbons (Fsp3) is 0.143. The van der Waals surface area contributed by atoms with E-state index in [1.807, 2.05) is 24.3 Å². The molecule has 1 atom stereocenters. The molecule has 0 bridgehead atoms. The van der Waals surface area contributed by atoms with Crippen molar-refractivity contribution >= 4 is 28.9 Å². The highest BCUT2D eigenvalue weighted by Gasteiger charge is 2.33. The Bertz CT molecular complexity index is 1360. The Morgan fingerprint density at radius 3 is 2.70 bits per heavy atom. The first-order valence-corrected chi connectivity index (χ1v) is 9.37. The molecule has 0 radical (unpaired) electrons. The summed E-state index contributed by atoms with van der Waals surface area (Å²) in [6, 6.07) is 13.5. The van der Waals surface area contributed by atoms with Gasteiger partial charge in [-0.2, -0.15) is 0 Å². The minimum Gasteiger partial charge on any atom is -0.462 e. The molecule has 2 aromatic heterocycles. The normalized spacial score (nSPS) is 14.7. The highest BCUT2D eigenvalue weighted by Crippen LogP contribution is 2.36. The minimum absolute atomic E-state index is 0.116. The van der Waals surface area contributed by atoms with Crippen molar-refractivity contribution in [3.8, 4) is 0 Å². The number of imidazole rings is 1. The van der Waals surface area contributed by atoms with Gasteiger partial charge >= 0.3 is 5.97 Å². The summed E-state index contributed by atoms with van der Waals surface area (Å²) in [5.41, 5.74) is 0.758. The molecule has 1 aliphatic rings. The number of aromatic nitrogens is 4. The van der Waals surface area contributed by atoms with Crippen LogP contribution in [0.1, 0.15) is 29.0 Å². The Labute approximate surface area is 169 Å². The van der Waals surface area contributed by atoms with Gasteiger partial charge in [0.25, 0.3) is 5.56 Å². The number of hydrogen-bond donors (Lipinski definition) is 1. The SMILES string of the molecule is CCOC(=O)c1cnc2n(c1=O)C(c1ccccc1F)n1c(nc3ccccc31)N2. The second-order valence-electron chi connectivity index (χ2n) is 6.71. The van der Waals surface area contributed by atoms with E-state index in [1.165, 1.54) is 10.6 Å². The molecule has 2 aromatic carbocycles. The summed E-state index contributed by atoms with van der Waals surface area (Å²) in [5, 5.41) is 3.02. The van der Waals surface area contributed by atoms with Crippen molar-refractivity contribution < 1.29 is 13.9 Å². The Morgan fingerprint density at radius 1 is 1.13 bits per heavy atom. The fourth-order valence-electron chi connectivity index (χ4n) is 3.70. The smallest absolute Gasteiger partial charge is 0.345 e. The maximum atomic E-state index is 14.9. The van der Waals surface area contributed by atoms with E-state index in [4.69, 9.17) is 4.74 Å². The van der Waals surface area contributed by atoms with Gasteiger partial charge in [0.2, 0.25) is 11.9 Å². The van der Waals surface area contributed by atoms with E-state index >= 15 is 0 Å². The lowest BCUT2D eigenvalue weighted by atomic mass is 10.1. The van der Waals surface area contributed by atoms with Crippen LogP contribution in [0.5, 0.6) is 0 Å². The van der Waals surface area contributed by atoms with E-state index in [0.717, 1.165) is 6.20 Å². The average molecular weight is 405 g/mol. The Hall–Kier alpha value is -4.01. The van der Waals surface area contributed by atoms with E-state index in [1.54, 1.807) is 29.7 Å². The third kappa shape index (κ3) is 2.59. The molecule has 0 fully saturated rings. The van der Waals surface area contributed by atoms with Crippen molar-refractivity contribution in [3.05, 3.63) is 82.0 Å². The van der Waals surface area contributed by atoms with Gasteiger partial charge in [0.1, 0.15) is 17.5 Å². The van der Waals surface area contributed by atoms with Crippen molar-refractivity contribution in [1.82, 2.24) is 19.1 Å². The van der Waals surface area contributed by atoms with Crippen LogP contribution < -0.4 is 10.9 Å². The number of carbonyl (C=O) groups is 1. The van der Waals surface area contributed by atoms with Crippen molar-refractivity contribution in [3.63, 3.8) is 0 Å². The second-order valence-corrected chi connectivity index (χ2v) is 6.71. The largest absolute Gasteiger partial charge is 0.462 e. The average Bonchev–Trinajstić information content (AvgIpc) is 3.11. The first-order valence-electron chi connectivity index (χ1n) is 9.37. The Kier molecular flexibility index (Phi) is 4.09. The summed E-state index contributed by atoms with van der Waals surface area (Å²) in [6.45, 7) is 1.76. The number of hydrogen-bond acceptors (Lipinski definition) is 6. The van der Waals surface area contributed by atoms with Gasteiger partial charge in [0.15, 0.2) is 0 Å². The van der Waals surface area contributed by atoms with E-state index in [2.05, 4.69) is 15.3 Å². The number of nitrogens with one attached hydrogen (secondary N) is 1. The van der Waals surface area contributed by atoms with Gasteiger partial charge in [0.05, 0.1) is 23.8 Å². The lowest BCUT2D eigenvalue weighted by molar-refractivity contribution is 0.0522. The number of halogens is 1. The van der Waals surface area contributed by atoms with E-state index in [0.29, 0.717) is 17.0 Å². The number of benzene rings is 2. The monoisotopic (exact) mass is 405 g/mol. The van der Waals surface area contributed by atoms with Gasteiger partial charge in [-0.15, -0.1) is 0 Å². The summed E-state index contributed by atoms with van der Waals surface area (Å²) in [5.74, 6) is -0.698. The summed E-state index contributed by atoms with van der Waals surface area (Å²) < 4.78 is 22.9. The van der Waals surface area contributed by atoms with Crippen LogP contribution >= 0.6 is 0 Å². The molecule has 150 valence electrons. The van der Waals surface area contributed by atoms with E-state index < -0.39 is 23.5 Å². The predicted molar refractivity (Wildman–Crippen MR) is 107 cm³/mol. The molecule has 0 saturated heterocycles. The quantitative estimate of drug-likeness (QED) is 0.464. The molecular weight excluding hydrogens is 389 g/mol. The van der Waals surface area contributed by atoms with Gasteiger partial charge in [-0.25, -0.2) is 19.2 Å². The number of carbonyl (C=O) groups excluding carboxylic acids is 1. The maximum absolute atomic E-state index is 14.9. The lowest BCUT2D eigenvalue weighted by Crippen LogP contribution is -2.39. The van der Waals surface area contributed by atoms with Crippen LogP contribution in [0.4, 0.5) is 16.3 Å². The van der Waals surface area contributed by atoms with Crippen molar-refractivity contribution in [2.45, 2.75) is 13.1 Å². The third-order valence-corrected chi connectivity index (χ3v) is 4.98. The molecule has 9 heteroatoms. The summed E-state index contributed by atoms with van der Waals surface area (Å²) in [7, 11) is 0. The van der Waals surface area contributed by atoms with Gasteiger partial charge < -0.3 is 4.74 Å². The molecule has 0 spiro atoms. The van der Waals surface area contributed by atoms with Crippen molar-refractivity contribution in [1.29, 1.82) is 0 Å². The number of esters is 1. The predicted octanol–water partition coefficient (Wildman–Crippen LogP) is 3.06. The summed E-state index contributed by atoms with van der Waals surface area (Å²) in [6.07, 6.45) is 0.231. The molecular formula is C21H16FN5O3. The highest BCUT2D eigenvalue weighted by atomic mass is 19.1. The molecule has 8 nitrogen and oxygen atoms in total. The van der Waals surface area contributed by atoms with Crippen LogP contribution in [-0.2, 0) is 4.74 Å². The number of anilines is 2. The van der Waals surface area contributed by atoms with E-state index in [-0.39, 0.29) is 23.7 Å². The Balaban J connectivity index is 1.84. The molecule has 5 rings (SSSR count). The molecule has 1 aliphatic heterocycles. The maximum Gasteiger partial charge on any atom is 0.345 e.